The number of H-pyrrole nitrogens is 1. The lowest BCUT2D eigenvalue weighted by Gasteiger charge is -2.03. The number of carbonyl (C=O) groups is 1. The summed E-state index contributed by atoms with van der Waals surface area (Å²) in [5.41, 5.74) is 0.328. The molecule has 0 spiro atoms. The highest BCUT2D eigenvalue weighted by molar-refractivity contribution is 5.90. The van der Waals surface area contributed by atoms with Crippen LogP contribution in [0.25, 0.3) is 0 Å². The molecule has 3 N–H and O–H groups in total. The van der Waals surface area contributed by atoms with Gasteiger partial charge in [-0.1, -0.05) is 0 Å². The van der Waals surface area contributed by atoms with Gasteiger partial charge in [-0.3, -0.25) is 19.7 Å². The van der Waals surface area contributed by atoms with E-state index < -0.39 is 39.8 Å². The van der Waals surface area contributed by atoms with E-state index in [-0.39, 0.29) is 0 Å². The lowest BCUT2D eigenvalue weighted by Crippen LogP contribution is -2.20. The van der Waals surface area contributed by atoms with Gasteiger partial charge in [-0.2, -0.15) is 0 Å². The van der Waals surface area contributed by atoms with E-state index in [1.165, 1.54) is 0 Å². The summed E-state index contributed by atoms with van der Waals surface area (Å²) in [4.78, 5) is 32.6. The molecule has 1 rings (SSSR count). The van der Waals surface area contributed by atoms with E-state index >= 15 is 0 Å². The third-order valence-corrected chi connectivity index (χ3v) is 1.70. The van der Waals surface area contributed by atoms with Gasteiger partial charge < -0.3 is 10.7 Å². The Kier molecular flexibility index (Phi) is 2.97. The summed E-state index contributed by atoms with van der Waals surface area (Å²) in [6.07, 6.45) is -3.28. The Morgan fingerprint density at radius 1 is 1.56 bits per heavy atom. The summed E-state index contributed by atoms with van der Waals surface area (Å²) in [5, 5.41) is 10.4. The summed E-state index contributed by atoms with van der Waals surface area (Å²) in [6.45, 7) is 0. The number of amides is 1. The highest BCUT2D eigenvalue weighted by atomic mass is 19.3. The molecule has 0 bridgehead atoms. The lowest BCUT2D eigenvalue weighted by atomic mass is 10.2. The zero-order valence-electron chi connectivity index (χ0n) is 7.57. The van der Waals surface area contributed by atoms with Crippen molar-refractivity contribution in [2.75, 3.05) is 0 Å². The number of rotatable bonds is 3. The fourth-order valence-electron chi connectivity index (χ4n) is 1.05. The van der Waals surface area contributed by atoms with Crippen molar-refractivity contribution in [1.82, 2.24) is 4.98 Å². The number of pyridine rings is 1. The maximum absolute atomic E-state index is 12.4. The number of halogens is 2. The fraction of sp³-hybridized carbons (Fsp3) is 0.143. The van der Waals surface area contributed by atoms with Gasteiger partial charge in [-0.15, -0.1) is 0 Å². The molecule has 0 fully saturated rings. The van der Waals surface area contributed by atoms with Gasteiger partial charge in [0.15, 0.2) is 5.69 Å². The number of hydrogen-bond acceptors (Lipinski definition) is 4. The topological polar surface area (TPSA) is 119 Å². The van der Waals surface area contributed by atoms with Crippen LogP contribution in [0.1, 0.15) is 22.6 Å². The average Bonchev–Trinajstić information content (AvgIpc) is 2.15. The number of nitrogens with two attached hydrogens (primary N) is 1. The third-order valence-electron chi connectivity index (χ3n) is 1.70. The van der Waals surface area contributed by atoms with Crippen LogP contribution in [0.5, 0.6) is 0 Å². The molecule has 0 aliphatic rings. The van der Waals surface area contributed by atoms with Crippen LogP contribution in [0, 0.1) is 10.1 Å². The van der Waals surface area contributed by atoms with Crippen LogP contribution in [0.3, 0.4) is 0 Å². The Balaban J connectivity index is 3.58. The van der Waals surface area contributed by atoms with Crippen molar-refractivity contribution in [3.63, 3.8) is 0 Å². The van der Waals surface area contributed by atoms with Gasteiger partial charge in [0.05, 0.1) is 4.92 Å². The Bertz CT molecular complexity index is 511. The van der Waals surface area contributed by atoms with Gasteiger partial charge in [0, 0.05) is 6.07 Å². The molecule has 16 heavy (non-hydrogen) atoms. The molecule has 1 heterocycles. The summed E-state index contributed by atoms with van der Waals surface area (Å²) in [7, 11) is 0. The van der Waals surface area contributed by atoms with Crippen molar-refractivity contribution in [2.24, 2.45) is 5.73 Å². The van der Waals surface area contributed by atoms with E-state index in [0.29, 0.717) is 6.07 Å². The largest absolute Gasteiger partial charge is 0.364 e. The van der Waals surface area contributed by atoms with E-state index in [9.17, 15) is 28.5 Å². The molecule has 0 atom stereocenters. The molecule has 0 radical (unpaired) electrons. The molecular weight excluding hydrogens is 228 g/mol. The Morgan fingerprint density at radius 3 is 2.50 bits per heavy atom. The van der Waals surface area contributed by atoms with E-state index in [0.717, 1.165) is 0 Å². The van der Waals surface area contributed by atoms with Crippen molar-refractivity contribution in [3.8, 4) is 0 Å². The van der Waals surface area contributed by atoms with Crippen LogP contribution in [-0.4, -0.2) is 15.8 Å². The second-order valence-corrected chi connectivity index (χ2v) is 2.73. The van der Waals surface area contributed by atoms with Crippen molar-refractivity contribution in [3.05, 3.63) is 37.8 Å². The van der Waals surface area contributed by atoms with Gasteiger partial charge in [0.1, 0.15) is 5.69 Å². The standard InChI is InChI=1S/C7H5F2N3O4/c8-6(9)4-5(12(15)16)3(13)1-2(11-4)7(10)14/h1,6H,(H2,10,14)(H,11,13). The van der Waals surface area contributed by atoms with Crippen LogP contribution in [-0.2, 0) is 0 Å². The number of aromatic nitrogens is 1. The molecule has 0 aliphatic heterocycles. The molecule has 0 aromatic carbocycles. The minimum atomic E-state index is -3.28. The van der Waals surface area contributed by atoms with E-state index in [4.69, 9.17) is 5.73 Å². The lowest BCUT2D eigenvalue weighted by molar-refractivity contribution is -0.387. The number of hydrogen-bond donors (Lipinski definition) is 2. The summed E-state index contributed by atoms with van der Waals surface area (Å²) in [6, 6.07) is 0.506. The van der Waals surface area contributed by atoms with Gasteiger partial charge in [0.2, 0.25) is 0 Å². The maximum atomic E-state index is 12.4. The van der Waals surface area contributed by atoms with Crippen molar-refractivity contribution in [2.45, 2.75) is 6.43 Å². The molecular formula is C7H5F2N3O4. The molecule has 1 aromatic heterocycles. The molecule has 0 saturated heterocycles. The van der Waals surface area contributed by atoms with E-state index in [1.807, 2.05) is 0 Å². The third kappa shape index (κ3) is 2.02. The number of carbonyl (C=O) groups excluding carboxylic acids is 1. The summed E-state index contributed by atoms with van der Waals surface area (Å²) >= 11 is 0. The van der Waals surface area contributed by atoms with Gasteiger partial charge >= 0.3 is 5.69 Å². The zero-order valence-corrected chi connectivity index (χ0v) is 7.57. The monoisotopic (exact) mass is 233 g/mol. The summed E-state index contributed by atoms with van der Waals surface area (Å²) in [5.74, 6) is -1.16. The Labute approximate surface area is 86.0 Å². The molecule has 1 amide bonds. The minimum absolute atomic E-state index is 0.506. The zero-order chi connectivity index (χ0) is 12.5. The van der Waals surface area contributed by atoms with Crippen molar-refractivity contribution in [1.29, 1.82) is 0 Å². The van der Waals surface area contributed by atoms with Crippen LogP contribution >= 0.6 is 0 Å². The molecule has 9 heteroatoms. The average molecular weight is 233 g/mol. The molecule has 0 saturated carbocycles. The van der Waals surface area contributed by atoms with Gasteiger partial charge in [0.25, 0.3) is 17.8 Å². The number of primary amides is 1. The molecule has 7 nitrogen and oxygen atoms in total. The predicted octanol–water partition coefficient (Wildman–Crippen LogP) is 0.320. The van der Waals surface area contributed by atoms with E-state index in [1.54, 1.807) is 4.98 Å². The number of nitro groups is 1. The van der Waals surface area contributed by atoms with Crippen LogP contribution in [0.15, 0.2) is 10.9 Å². The Hall–Kier alpha value is -2.32. The highest BCUT2D eigenvalue weighted by Gasteiger charge is 2.27. The van der Waals surface area contributed by atoms with Gasteiger partial charge in [-0.05, 0) is 0 Å². The second-order valence-electron chi connectivity index (χ2n) is 2.73. The van der Waals surface area contributed by atoms with Crippen LogP contribution in [0.4, 0.5) is 14.5 Å². The molecule has 86 valence electrons. The first-order valence-electron chi connectivity index (χ1n) is 3.84. The number of aromatic amines is 1. The van der Waals surface area contributed by atoms with Crippen molar-refractivity contribution >= 4 is 11.6 Å². The Morgan fingerprint density at radius 2 is 2.12 bits per heavy atom. The van der Waals surface area contributed by atoms with E-state index in [2.05, 4.69) is 0 Å². The molecule has 0 unspecified atom stereocenters. The number of alkyl halides is 2. The summed E-state index contributed by atoms with van der Waals surface area (Å²) < 4.78 is 24.8. The quantitative estimate of drug-likeness (QED) is 0.576. The first-order chi connectivity index (χ1) is 7.34. The number of nitrogens with one attached hydrogen (secondary N) is 1. The predicted molar refractivity (Wildman–Crippen MR) is 47.2 cm³/mol. The highest BCUT2D eigenvalue weighted by Crippen LogP contribution is 2.23. The number of nitrogens with zero attached hydrogens (tertiary/aromatic N) is 1. The maximum Gasteiger partial charge on any atom is 0.341 e. The normalized spacial score (nSPS) is 10.4. The SMILES string of the molecule is NC(=O)c1cc(=O)c([N+](=O)[O-])c(C(F)F)[nH]1. The van der Waals surface area contributed by atoms with Crippen LogP contribution < -0.4 is 11.2 Å². The minimum Gasteiger partial charge on any atom is -0.364 e. The smallest absolute Gasteiger partial charge is 0.341 e. The van der Waals surface area contributed by atoms with Crippen LogP contribution in [0.2, 0.25) is 0 Å². The first-order valence-corrected chi connectivity index (χ1v) is 3.84. The van der Waals surface area contributed by atoms with Gasteiger partial charge in [-0.25, -0.2) is 8.78 Å². The molecule has 1 aromatic rings. The van der Waals surface area contributed by atoms with Crippen molar-refractivity contribution < 1.29 is 18.5 Å². The molecule has 0 aliphatic carbocycles. The second kappa shape index (κ2) is 4.04. The fourth-order valence-corrected chi connectivity index (χ4v) is 1.05. The first kappa shape index (κ1) is 11.8.